The van der Waals surface area contributed by atoms with Crippen LogP contribution in [-0.2, 0) is 16.3 Å². The van der Waals surface area contributed by atoms with Crippen LogP contribution in [0.2, 0.25) is 0 Å². The van der Waals surface area contributed by atoms with Crippen molar-refractivity contribution < 1.29 is 26.1 Å². The van der Waals surface area contributed by atoms with E-state index in [2.05, 4.69) is 26.1 Å². The monoisotopic (exact) mass is 391 g/mol. The first kappa shape index (κ1) is 19.7. The number of nitrogens with one attached hydrogen (secondary N) is 3. The van der Waals surface area contributed by atoms with Crippen LogP contribution in [0.4, 0.5) is 30.6 Å². The van der Waals surface area contributed by atoms with E-state index in [1.54, 1.807) is 13.8 Å². The van der Waals surface area contributed by atoms with E-state index in [9.17, 15) is 21.6 Å². The maximum absolute atomic E-state index is 13.0. The number of nitrogens with zero attached hydrogens (tertiary/aromatic N) is 2. The van der Waals surface area contributed by atoms with Crippen molar-refractivity contribution in [2.45, 2.75) is 31.0 Å². The lowest BCUT2D eigenvalue weighted by Crippen LogP contribution is -2.19. The summed E-state index contributed by atoms with van der Waals surface area (Å²) in [6.45, 7) is 3.46. The van der Waals surface area contributed by atoms with Gasteiger partial charge in [-0.2, -0.15) is 26.6 Å². The van der Waals surface area contributed by atoms with Crippen molar-refractivity contribution in [1.82, 2.24) is 9.97 Å². The highest BCUT2D eigenvalue weighted by Crippen LogP contribution is 2.29. The van der Waals surface area contributed by atoms with Gasteiger partial charge in [0.2, 0.25) is 5.95 Å². The average molecular weight is 391 g/mol. The second-order valence-electron chi connectivity index (χ2n) is 5.51. The molecule has 142 valence electrons. The third kappa shape index (κ3) is 5.46. The van der Waals surface area contributed by atoms with E-state index in [0.717, 1.165) is 18.2 Å². The van der Waals surface area contributed by atoms with Crippen molar-refractivity contribution in [2.75, 3.05) is 16.2 Å². The van der Waals surface area contributed by atoms with E-state index in [0.29, 0.717) is 5.69 Å². The van der Waals surface area contributed by atoms with Gasteiger partial charge in [0.1, 0.15) is 0 Å². The fraction of sp³-hybridized carbons (Fsp3) is 0.286. The average Bonchev–Trinajstić information content (AvgIpc) is 2.51. The normalized spacial score (nSPS) is 12.1. The topological polar surface area (TPSA) is 116 Å². The van der Waals surface area contributed by atoms with E-state index >= 15 is 0 Å². The van der Waals surface area contributed by atoms with Crippen LogP contribution in [0, 0.1) is 0 Å². The molecule has 0 amide bonds. The minimum atomic E-state index is -4.65. The Balaban J connectivity index is 2.20. The highest BCUT2D eigenvalue weighted by molar-refractivity contribution is 7.85. The van der Waals surface area contributed by atoms with Gasteiger partial charge >= 0.3 is 6.18 Å². The Morgan fingerprint density at radius 2 is 1.69 bits per heavy atom. The summed E-state index contributed by atoms with van der Waals surface area (Å²) in [5, 5.41) is 2.70. The molecule has 1 aromatic carbocycles. The number of hydrogen-bond acceptors (Lipinski definition) is 7. The van der Waals surface area contributed by atoms with Crippen molar-refractivity contribution in [3.8, 4) is 0 Å². The molecule has 0 bridgehead atoms. The molecule has 0 saturated carbocycles. The molecule has 1 heterocycles. The zero-order chi connectivity index (χ0) is 19.5. The van der Waals surface area contributed by atoms with Crippen LogP contribution in [0.25, 0.3) is 0 Å². The Bertz CT molecular complexity index is 870. The van der Waals surface area contributed by atoms with Crippen LogP contribution in [0.3, 0.4) is 0 Å². The molecule has 1 aromatic heterocycles. The molecule has 0 saturated heterocycles. The van der Waals surface area contributed by atoms with Crippen LogP contribution in [0.1, 0.15) is 19.5 Å². The van der Waals surface area contributed by atoms with Crippen LogP contribution in [0.5, 0.6) is 0 Å². The molecular weight excluding hydrogens is 375 g/mol. The largest absolute Gasteiger partial charge is 0.433 e. The van der Waals surface area contributed by atoms with E-state index in [4.69, 9.17) is 4.55 Å². The summed E-state index contributed by atoms with van der Waals surface area (Å²) in [6.07, 6.45) is -4.65. The number of alkyl halides is 3. The molecule has 12 heteroatoms. The third-order valence-electron chi connectivity index (χ3n) is 2.92. The first-order valence-electron chi connectivity index (χ1n) is 7.27. The number of hydrazine groups is 1. The Kier molecular flexibility index (Phi) is 5.56. The molecule has 0 aliphatic carbocycles. The zero-order valence-electron chi connectivity index (χ0n) is 13.7. The summed E-state index contributed by atoms with van der Waals surface area (Å²) in [5.74, 6) is -0.338. The van der Waals surface area contributed by atoms with Gasteiger partial charge in [0, 0.05) is 12.1 Å². The van der Waals surface area contributed by atoms with Crippen LogP contribution in [-0.4, -0.2) is 29.0 Å². The molecule has 0 fully saturated rings. The van der Waals surface area contributed by atoms with Gasteiger partial charge < -0.3 is 5.32 Å². The quantitative estimate of drug-likeness (QED) is 0.439. The molecular formula is C14H16F3N5O3S. The fourth-order valence-corrected chi connectivity index (χ4v) is 2.31. The van der Waals surface area contributed by atoms with Crippen molar-refractivity contribution in [3.63, 3.8) is 0 Å². The van der Waals surface area contributed by atoms with E-state index < -0.39 is 22.0 Å². The Morgan fingerprint density at radius 1 is 1.08 bits per heavy atom. The molecule has 0 radical (unpaired) electrons. The predicted octanol–water partition coefficient (Wildman–Crippen LogP) is 3.00. The van der Waals surface area contributed by atoms with Gasteiger partial charge in [0.15, 0.2) is 11.5 Å². The number of hydrogen-bond donors (Lipinski definition) is 4. The fourth-order valence-electron chi connectivity index (χ4n) is 1.83. The Morgan fingerprint density at radius 3 is 2.19 bits per heavy atom. The summed E-state index contributed by atoms with van der Waals surface area (Å²) in [6, 6.07) is 5.45. The summed E-state index contributed by atoms with van der Waals surface area (Å²) < 4.78 is 69.7. The van der Waals surface area contributed by atoms with Crippen molar-refractivity contribution in [1.29, 1.82) is 0 Å². The summed E-state index contributed by atoms with van der Waals surface area (Å²) in [5.41, 5.74) is 4.29. The summed E-state index contributed by atoms with van der Waals surface area (Å²) >= 11 is 0. The first-order valence-corrected chi connectivity index (χ1v) is 8.71. The molecule has 0 aliphatic rings. The van der Waals surface area contributed by atoms with Gasteiger partial charge in [-0.15, -0.1) is 0 Å². The molecule has 4 N–H and O–H groups in total. The molecule has 8 nitrogen and oxygen atoms in total. The highest BCUT2D eigenvalue weighted by atomic mass is 32.2. The number of rotatable bonds is 6. The second-order valence-corrected chi connectivity index (χ2v) is 6.93. The molecule has 0 aliphatic heterocycles. The SMILES string of the molecule is CC(C)Nc1nc(NNc2ccc(S(=O)(=O)O)cc2)cc(C(F)(F)F)n1. The van der Waals surface area contributed by atoms with Crippen molar-refractivity contribution in [3.05, 3.63) is 36.0 Å². The molecule has 2 rings (SSSR count). The minimum absolute atomic E-state index is 0.144. The number of aromatic nitrogens is 2. The zero-order valence-corrected chi connectivity index (χ0v) is 14.5. The van der Waals surface area contributed by atoms with Gasteiger partial charge in [0.05, 0.1) is 10.6 Å². The molecule has 0 atom stereocenters. The summed E-state index contributed by atoms with van der Waals surface area (Å²) in [7, 11) is -4.33. The maximum atomic E-state index is 13.0. The van der Waals surface area contributed by atoms with Crippen molar-refractivity contribution >= 4 is 27.6 Å². The first-order chi connectivity index (χ1) is 11.9. The smallest absolute Gasteiger partial charge is 0.352 e. The van der Waals surface area contributed by atoms with E-state index in [1.165, 1.54) is 12.1 Å². The Labute approximate surface area is 147 Å². The lowest BCUT2D eigenvalue weighted by molar-refractivity contribution is -0.141. The van der Waals surface area contributed by atoms with Crippen LogP contribution < -0.4 is 16.2 Å². The maximum Gasteiger partial charge on any atom is 0.433 e. The van der Waals surface area contributed by atoms with Crippen LogP contribution >= 0.6 is 0 Å². The highest BCUT2D eigenvalue weighted by Gasteiger charge is 2.33. The summed E-state index contributed by atoms with van der Waals surface area (Å²) in [4.78, 5) is 7.04. The lowest BCUT2D eigenvalue weighted by atomic mass is 10.3. The molecule has 0 spiro atoms. The van der Waals surface area contributed by atoms with E-state index in [-0.39, 0.29) is 22.7 Å². The molecule has 0 unspecified atom stereocenters. The lowest BCUT2D eigenvalue weighted by Gasteiger charge is -2.15. The predicted molar refractivity (Wildman–Crippen MR) is 89.3 cm³/mol. The number of anilines is 3. The molecule has 2 aromatic rings. The molecule has 26 heavy (non-hydrogen) atoms. The minimum Gasteiger partial charge on any atom is -0.352 e. The van der Waals surface area contributed by atoms with E-state index in [1.807, 2.05) is 0 Å². The van der Waals surface area contributed by atoms with Gasteiger partial charge in [-0.1, -0.05) is 0 Å². The standard InChI is InChI=1S/C14H16F3N5O3S/c1-8(2)18-13-19-11(14(15,16)17)7-12(20-13)22-21-9-3-5-10(6-4-9)26(23,24)25/h3-8,21H,1-2H3,(H,23,24,25)(H2,18,19,20,22). The van der Waals surface area contributed by atoms with Crippen LogP contribution in [0.15, 0.2) is 35.2 Å². The third-order valence-corrected chi connectivity index (χ3v) is 3.79. The number of halogens is 3. The Hall–Kier alpha value is -2.60. The second kappa shape index (κ2) is 7.33. The number of benzene rings is 1. The van der Waals surface area contributed by atoms with Crippen molar-refractivity contribution in [2.24, 2.45) is 0 Å². The van der Waals surface area contributed by atoms with Gasteiger partial charge in [-0.25, -0.2) is 4.98 Å². The van der Waals surface area contributed by atoms with Gasteiger partial charge in [-0.05, 0) is 38.1 Å². The van der Waals surface area contributed by atoms with Gasteiger partial charge in [-0.3, -0.25) is 15.4 Å². The van der Waals surface area contributed by atoms with Gasteiger partial charge in [0.25, 0.3) is 10.1 Å².